The molecule has 1 aliphatic heterocycles. The minimum Gasteiger partial charge on any atom is -0.474 e. The van der Waals surface area contributed by atoms with Gasteiger partial charge in [0.1, 0.15) is 11.9 Å². The molecule has 0 bridgehead atoms. The third-order valence-corrected chi connectivity index (χ3v) is 4.14. The standard InChI is InChI=1S/C18H20FN3O3/c1-24-18-20-9-6-16(21-18)25-15-7-10-22(11-8-15)17(23)12-13-2-4-14(19)5-3-13/h2-6,9,15H,7-8,10-12H2,1H3. The Kier molecular flexibility index (Phi) is 5.42. The van der Waals surface area contributed by atoms with Crippen LogP contribution in [-0.4, -0.2) is 47.1 Å². The largest absolute Gasteiger partial charge is 0.474 e. The number of nitrogens with zero attached hydrogens (tertiary/aromatic N) is 3. The molecule has 7 heteroatoms. The van der Waals surface area contributed by atoms with Gasteiger partial charge in [0.15, 0.2) is 0 Å². The number of carbonyl (C=O) groups excluding carboxylic acids is 1. The maximum Gasteiger partial charge on any atom is 0.319 e. The van der Waals surface area contributed by atoms with Crippen molar-refractivity contribution in [2.45, 2.75) is 25.4 Å². The van der Waals surface area contributed by atoms with E-state index >= 15 is 0 Å². The molecule has 0 saturated carbocycles. The van der Waals surface area contributed by atoms with Crippen LogP contribution in [0.2, 0.25) is 0 Å². The Hall–Kier alpha value is -2.70. The second kappa shape index (κ2) is 7.92. The van der Waals surface area contributed by atoms with E-state index < -0.39 is 0 Å². The number of ether oxygens (including phenoxy) is 2. The molecular weight excluding hydrogens is 325 g/mol. The molecule has 0 N–H and O–H groups in total. The average molecular weight is 345 g/mol. The number of benzene rings is 1. The number of hydrogen-bond acceptors (Lipinski definition) is 5. The van der Waals surface area contributed by atoms with E-state index in [0.717, 1.165) is 18.4 Å². The van der Waals surface area contributed by atoms with Gasteiger partial charge in [-0.1, -0.05) is 12.1 Å². The van der Waals surface area contributed by atoms with Gasteiger partial charge < -0.3 is 14.4 Å². The number of aromatic nitrogens is 2. The average Bonchev–Trinajstić information content (AvgIpc) is 2.64. The third-order valence-electron chi connectivity index (χ3n) is 4.14. The van der Waals surface area contributed by atoms with Gasteiger partial charge in [0.2, 0.25) is 11.8 Å². The molecule has 0 radical (unpaired) electrons. The van der Waals surface area contributed by atoms with Crippen LogP contribution >= 0.6 is 0 Å². The summed E-state index contributed by atoms with van der Waals surface area (Å²) in [5.74, 6) is 0.229. The fraction of sp³-hybridized carbons (Fsp3) is 0.389. The molecule has 1 fully saturated rings. The summed E-state index contributed by atoms with van der Waals surface area (Å²) in [4.78, 5) is 22.3. The molecule has 1 amide bonds. The molecule has 0 spiro atoms. The summed E-state index contributed by atoms with van der Waals surface area (Å²) in [6.07, 6.45) is 3.36. The lowest BCUT2D eigenvalue weighted by molar-refractivity contribution is -0.132. The third kappa shape index (κ3) is 4.65. The van der Waals surface area contributed by atoms with E-state index in [4.69, 9.17) is 9.47 Å². The minimum atomic E-state index is -0.296. The van der Waals surface area contributed by atoms with Gasteiger partial charge in [0.05, 0.1) is 13.5 Å². The summed E-state index contributed by atoms with van der Waals surface area (Å²) >= 11 is 0. The van der Waals surface area contributed by atoms with Crippen molar-refractivity contribution in [2.75, 3.05) is 20.2 Å². The Morgan fingerprint density at radius 1 is 1.24 bits per heavy atom. The SMILES string of the molecule is COc1nccc(OC2CCN(C(=O)Cc3ccc(F)cc3)CC2)n1. The monoisotopic (exact) mass is 345 g/mol. The molecule has 25 heavy (non-hydrogen) atoms. The molecule has 6 nitrogen and oxygen atoms in total. The summed E-state index contributed by atoms with van der Waals surface area (Å²) < 4.78 is 23.7. The van der Waals surface area contributed by atoms with Gasteiger partial charge in [-0.25, -0.2) is 9.37 Å². The molecule has 132 valence electrons. The first-order valence-electron chi connectivity index (χ1n) is 8.20. The molecule has 1 aromatic carbocycles. The van der Waals surface area contributed by atoms with Gasteiger partial charge in [0.25, 0.3) is 0 Å². The Bertz CT molecular complexity index is 716. The van der Waals surface area contributed by atoms with Crippen molar-refractivity contribution in [3.8, 4) is 11.9 Å². The Labute approximate surface area is 145 Å². The van der Waals surface area contributed by atoms with Crippen LogP contribution in [0, 0.1) is 5.82 Å². The van der Waals surface area contributed by atoms with E-state index in [1.54, 1.807) is 24.4 Å². The van der Waals surface area contributed by atoms with E-state index in [1.807, 2.05) is 4.90 Å². The van der Waals surface area contributed by atoms with Gasteiger partial charge in [-0.05, 0) is 17.7 Å². The molecule has 0 unspecified atom stereocenters. The van der Waals surface area contributed by atoms with Crippen molar-refractivity contribution in [3.05, 3.63) is 47.9 Å². The van der Waals surface area contributed by atoms with E-state index in [1.165, 1.54) is 19.2 Å². The van der Waals surface area contributed by atoms with Crippen molar-refractivity contribution in [3.63, 3.8) is 0 Å². The first kappa shape index (κ1) is 17.1. The predicted molar refractivity (Wildman–Crippen MR) is 88.9 cm³/mol. The lowest BCUT2D eigenvalue weighted by Crippen LogP contribution is -2.42. The van der Waals surface area contributed by atoms with Crippen LogP contribution in [0.4, 0.5) is 4.39 Å². The van der Waals surface area contributed by atoms with Crippen LogP contribution in [0.25, 0.3) is 0 Å². The van der Waals surface area contributed by atoms with E-state index in [-0.39, 0.29) is 30.3 Å². The molecule has 2 aromatic rings. The second-order valence-electron chi connectivity index (χ2n) is 5.88. The molecule has 1 aromatic heterocycles. The first-order valence-corrected chi connectivity index (χ1v) is 8.20. The van der Waals surface area contributed by atoms with Crippen LogP contribution in [0.3, 0.4) is 0 Å². The maximum absolute atomic E-state index is 12.9. The summed E-state index contributed by atoms with van der Waals surface area (Å²) in [5, 5.41) is 0. The molecule has 2 heterocycles. The first-order chi connectivity index (χ1) is 12.1. The Balaban J connectivity index is 1.49. The molecule has 0 aliphatic carbocycles. The molecule has 1 aliphatic rings. The quantitative estimate of drug-likeness (QED) is 0.831. The summed E-state index contributed by atoms with van der Waals surface area (Å²) in [6, 6.07) is 7.99. The van der Waals surface area contributed by atoms with E-state index in [2.05, 4.69) is 9.97 Å². The summed E-state index contributed by atoms with van der Waals surface area (Å²) in [7, 11) is 1.50. The fourth-order valence-corrected chi connectivity index (χ4v) is 2.77. The highest BCUT2D eigenvalue weighted by molar-refractivity contribution is 5.78. The summed E-state index contributed by atoms with van der Waals surface area (Å²) in [6.45, 7) is 1.26. The van der Waals surface area contributed by atoms with Crippen molar-refractivity contribution in [2.24, 2.45) is 0 Å². The lowest BCUT2D eigenvalue weighted by Gasteiger charge is -2.32. The minimum absolute atomic E-state index is 0.00878. The number of halogens is 1. The van der Waals surface area contributed by atoms with E-state index in [0.29, 0.717) is 19.0 Å². The van der Waals surface area contributed by atoms with Crippen molar-refractivity contribution >= 4 is 5.91 Å². The fourth-order valence-electron chi connectivity index (χ4n) is 2.77. The maximum atomic E-state index is 12.9. The summed E-state index contributed by atoms with van der Waals surface area (Å²) in [5.41, 5.74) is 0.817. The smallest absolute Gasteiger partial charge is 0.319 e. The van der Waals surface area contributed by atoms with Crippen LogP contribution in [-0.2, 0) is 11.2 Å². The highest BCUT2D eigenvalue weighted by atomic mass is 19.1. The topological polar surface area (TPSA) is 64.6 Å². The van der Waals surface area contributed by atoms with Crippen molar-refractivity contribution in [1.82, 2.24) is 14.9 Å². The van der Waals surface area contributed by atoms with Crippen LogP contribution in [0.5, 0.6) is 11.9 Å². The number of hydrogen-bond donors (Lipinski definition) is 0. The van der Waals surface area contributed by atoms with E-state index in [9.17, 15) is 9.18 Å². The van der Waals surface area contributed by atoms with Gasteiger partial charge in [-0.3, -0.25) is 4.79 Å². The van der Waals surface area contributed by atoms with Gasteiger partial charge >= 0.3 is 6.01 Å². The number of rotatable bonds is 5. The highest BCUT2D eigenvalue weighted by Gasteiger charge is 2.24. The van der Waals surface area contributed by atoms with Gasteiger partial charge in [-0.2, -0.15) is 4.98 Å². The van der Waals surface area contributed by atoms with Crippen molar-refractivity contribution in [1.29, 1.82) is 0 Å². The predicted octanol–water partition coefficient (Wildman–Crippen LogP) is 2.24. The molecular formula is C18H20FN3O3. The van der Waals surface area contributed by atoms with Crippen LogP contribution in [0.1, 0.15) is 18.4 Å². The number of likely N-dealkylation sites (tertiary alicyclic amines) is 1. The zero-order chi connectivity index (χ0) is 17.6. The number of piperidine rings is 1. The highest BCUT2D eigenvalue weighted by Crippen LogP contribution is 2.19. The van der Waals surface area contributed by atoms with Crippen LogP contribution in [0.15, 0.2) is 36.5 Å². The Morgan fingerprint density at radius 3 is 2.64 bits per heavy atom. The number of carbonyl (C=O) groups is 1. The van der Waals surface area contributed by atoms with Crippen LogP contribution < -0.4 is 9.47 Å². The number of amides is 1. The lowest BCUT2D eigenvalue weighted by atomic mass is 10.1. The Morgan fingerprint density at radius 2 is 1.96 bits per heavy atom. The zero-order valence-corrected chi connectivity index (χ0v) is 14.0. The van der Waals surface area contributed by atoms with Gasteiger partial charge in [0, 0.05) is 38.2 Å². The van der Waals surface area contributed by atoms with Gasteiger partial charge in [-0.15, -0.1) is 0 Å². The molecule has 3 rings (SSSR count). The number of methoxy groups -OCH3 is 1. The molecule has 1 saturated heterocycles. The molecule has 0 atom stereocenters. The second-order valence-corrected chi connectivity index (χ2v) is 5.88. The van der Waals surface area contributed by atoms with Crippen molar-refractivity contribution < 1.29 is 18.7 Å². The zero-order valence-electron chi connectivity index (χ0n) is 14.0. The normalized spacial score (nSPS) is 15.0.